The number of nitrogens with one attached hydrogen (secondary N) is 2. The molecule has 2 aromatic carbocycles. The second-order valence-electron chi connectivity index (χ2n) is 6.87. The molecule has 0 atom stereocenters. The van der Waals surface area contributed by atoms with E-state index in [4.69, 9.17) is 0 Å². The lowest BCUT2D eigenvalue weighted by Crippen LogP contribution is -2.32. The Kier molecular flexibility index (Phi) is 6.39. The first-order valence-electron chi connectivity index (χ1n) is 9.36. The predicted molar refractivity (Wildman–Crippen MR) is 110 cm³/mol. The Labute approximate surface area is 168 Å². The van der Waals surface area contributed by atoms with E-state index >= 15 is 0 Å². The number of urea groups is 1. The molecular formula is C22H23FN4O2. The molecule has 150 valence electrons. The number of aryl methyl sites for hydroxylation is 1. The molecule has 3 aromatic rings. The van der Waals surface area contributed by atoms with Gasteiger partial charge in [0.2, 0.25) is 0 Å². The second kappa shape index (κ2) is 9.14. The topological polar surface area (TPSA) is 78.1 Å². The standard InChI is InChI=1S/C22H23FN4O2/c1-15(28)16-7-11-19(12-8-16)24-22(29)27(2)13-3-4-20-14-21(26-25-20)17-5-9-18(23)10-6-17/h5-12,14H,3-4,13H2,1-2H3,(H,24,29)(H,25,26). The van der Waals surface area contributed by atoms with E-state index < -0.39 is 0 Å². The summed E-state index contributed by atoms with van der Waals surface area (Å²) >= 11 is 0. The van der Waals surface area contributed by atoms with E-state index in [1.165, 1.54) is 19.1 Å². The molecule has 0 unspecified atom stereocenters. The number of amides is 2. The average molecular weight is 394 g/mol. The van der Waals surface area contributed by atoms with Crippen LogP contribution in [-0.4, -0.2) is 40.5 Å². The molecule has 0 saturated carbocycles. The van der Waals surface area contributed by atoms with Gasteiger partial charge in [-0.3, -0.25) is 9.89 Å². The van der Waals surface area contributed by atoms with Crippen molar-refractivity contribution in [2.75, 3.05) is 18.9 Å². The van der Waals surface area contributed by atoms with Gasteiger partial charge in [-0.25, -0.2) is 9.18 Å². The van der Waals surface area contributed by atoms with Crippen molar-refractivity contribution in [1.82, 2.24) is 15.1 Å². The number of hydrogen-bond donors (Lipinski definition) is 2. The fourth-order valence-corrected chi connectivity index (χ4v) is 2.87. The van der Waals surface area contributed by atoms with Gasteiger partial charge >= 0.3 is 6.03 Å². The zero-order valence-electron chi connectivity index (χ0n) is 16.4. The van der Waals surface area contributed by atoms with Crippen molar-refractivity contribution in [3.63, 3.8) is 0 Å². The van der Waals surface area contributed by atoms with Crippen LogP contribution in [-0.2, 0) is 6.42 Å². The summed E-state index contributed by atoms with van der Waals surface area (Å²) in [5, 5.41) is 10.1. The van der Waals surface area contributed by atoms with E-state index in [1.807, 2.05) is 6.07 Å². The molecule has 3 rings (SSSR count). The van der Waals surface area contributed by atoms with Crippen molar-refractivity contribution >= 4 is 17.5 Å². The van der Waals surface area contributed by atoms with Gasteiger partial charge in [0.25, 0.3) is 0 Å². The number of halogens is 1. The minimum Gasteiger partial charge on any atom is -0.328 e. The zero-order chi connectivity index (χ0) is 20.8. The molecule has 0 aliphatic heterocycles. The van der Waals surface area contributed by atoms with Crippen molar-refractivity contribution in [2.45, 2.75) is 19.8 Å². The fourth-order valence-electron chi connectivity index (χ4n) is 2.87. The Morgan fingerprint density at radius 2 is 1.79 bits per heavy atom. The Bertz CT molecular complexity index is 981. The Hall–Kier alpha value is -3.48. The van der Waals surface area contributed by atoms with Crippen molar-refractivity contribution < 1.29 is 14.0 Å². The number of anilines is 1. The lowest BCUT2D eigenvalue weighted by Gasteiger charge is -2.17. The van der Waals surface area contributed by atoms with E-state index in [0.29, 0.717) is 17.8 Å². The van der Waals surface area contributed by atoms with Crippen LogP contribution in [0.5, 0.6) is 0 Å². The minimum atomic E-state index is -0.277. The van der Waals surface area contributed by atoms with Crippen LogP contribution < -0.4 is 5.32 Å². The first-order valence-corrected chi connectivity index (χ1v) is 9.36. The molecule has 6 nitrogen and oxygen atoms in total. The summed E-state index contributed by atoms with van der Waals surface area (Å²) < 4.78 is 13.0. The highest BCUT2D eigenvalue weighted by atomic mass is 19.1. The van der Waals surface area contributed by atoms with Crippen molar-refractivity contribution in [1.29, 1.82) is 0 Å². The van der Waals surface area contributed by atoms with Crippen molar-refractivity contribution in [3.05, 3.63) is 71.7 Å². The first kappa shape index (κ1) is 20.3. The highest BCUT2D eigenvalue weighted by Crippen LogP contribution is 2.18. The lowest BCUT2D eigenvalue weighted by molar-refractivity contribution is 0.101. The van der Waals surface area contributed by atoms with Crippen LogP contribution in [0.4, 0.5) is 14.9 Å². The maximum absolute atomic E-state index is 13.0. The molecule has 0 bridgehead atoms. The van der Waals surface area contributed by atoms with Gasteiger partial charge in [0, 0.05) is 36.1 Å². The summed E-state index contributed by atoms with van der Waals surface area (Å²) in [5.74, 6) is -0.290. The summed E-state index contributed by atoms with van der Waals surface area (Å²) in [5.41, 5.74) is 3.82. The van der Waals surface area contributed by atoms with E-state index in [9.17, 15) is 14.0 Å². The van der Waals surface area contributed by atoms with E-state index in [0.717, 1.165) is 29.8 Å². The van der Waals surface area contributed by atoms with Gasteiger partial charge in [-0.05, 0) is 74.4 Å². The lowest BCUT2D eigenvalue weighted by atomic mass is 10.1. The zero-order valence-corrected chi connectivity index (χ0v) is 16.4. The van der Waals surface area contributed by atoms with Crippen LogP contribution in [0.1, 0.15) is 29.4 Å². The fraction of sp³-hybridized carbons (Fsp3) is 0.227. The third-order valence-corrected chi connectivity index (χ3v) is 4.60. The summed E-state index contributed by atoms with van der Waals surface area (Å²) in [6.45, 7) is 2.08. The number of aromatic amines is 1. The molecule has 2 amide bonds. The maximum Gasteiger partial charge on any atom is 0.321 e. The van der Waals surface area contributed by atoms with Crippen LogP contribution in [0.3, 0.4) is 0 Å². The molecule has 29 heavy (non-hydrogen) atoms. The number of rotatable bonds is 7. The molecule has 0 radical (unpaired) electrons. The molecule has 0 spiro atoms. The van der Waals surface area contributed by atoms with E-state index in [1.54, 1.807) is 48.3 Å². The number of aromatic nitrogens is 2. The highest BCUT2D eigenvalue weighted by Gasteiger charge is 2.10. The molecule has 0 aliphatic carbocycles. The number of carbonyl (C=O) groups excluding carboxylic acids is 2. The first-order chi connectivity index (χ1) is 13.9. The third-order valence-electron chi connectivity index (χ3n) is 4.60. The van der Waals surface area contributed by atoms with Crippen LogP contribution in [0.25, 0.3) is 11.3 Å². The molecule has 7 heteroatoms. The molecule has 1 aromatic heterocycles. The van der Waals surface area contributed by atoms with E-state index in [-0.39, 0.29) is 17.6 Å². The minimum absolute atomic E-state index is 0.0126. The SMILES string of the molecule is CC(=O)c1ccc(NC(=O)N(C)CCCc2cc(-c3ccc(F)cc3)n[nH]2)cc1. The predicted octanol–water partition coefficient (Wildman–Crippen LogP) is 4.51. The van der Waals surface area contributed by atoms with Crippen molar-refractivity contribution in [2.24, 2.45) is 0 Å². The monoisotopic (exact) mass is 394 g/mol. The molecule has 0 aliphatic rings. The molecule has 1 heterocycles. The summed E-state index contributed by atoms with van der Waals surface area (Å²) in [4.78, 5) is 25.2. The molecule has 0 saturated heterocycles. The van der Waals surface area contributed by atoms with Crippen LogP contribution in [0.15, 0.2) is 54.6 Å². The van der Waals surface area contributed by atoms with Gasteiger partial charge in [-0.1, -0.05) is 0 Å². The number of nitrogens with zero attached hydrogens (tertiary/aromatic N) is 2. The number of H-pyrrole nitrogens is 1. The summed E-state index contributed by atoms with van der Waals surface area (Å²) in [7, 11) is 1.73. The van der Waals surface area contributed by atoms with Gasteiger partial charge in [0.15, 0.2) is 5.78 Å². The smallest absolute Gasteiger partial charge is 0.321 e. The number of carbonyl (C=O) groups is 2. The number of hydrogen-bond acceptors (Lipinski definition) is 3. The number of benzene rings is 2. The Balaban J connectivity index is 1.46. The average Bonchev–Trinajstić information content (AvgIpc) is 3.17. The van der Waals surface area contributed by atoms with E-state index in [2.05, 4.69) is 15.5 Å². The molecule has 2 N–H and O–H groups in total. The van der Waals surface area contributed by atoms with Gasteiger partial charge in [-0.15, -0.1) is 0 Å². The van der Waals surface area contributed by atoms with Gasteiger partial charge in [-0.2, -0.15) is 5.10 Å². The van der Waals surface area contributed by atoms with Crippen LogP contribution in [0, 0.1) is 5.82 Å². The maximum atomic E-state index is 13.0. The third kappa shape index (κ3) is 5.51. The Morgan fingerprint density at radius 1 is 1.10 bits per heavy atom. The van der Waals surface area contributed by atoms with Crippen LogP contribution in [0.2, 0.25) is 0 Å². The largest absolute Gasteiger partial charge is 0.328 e. The molecular weight excluding hydrogens is 371 g/mol. The number of Topliss-reactive ketones (excluding diaryl/α,β-unsaturated/α-hetero) is 1. The van der Waals surface area contributed by atoms with Crippen LogP contribution >= 0.6 is 0 Å². The highest BCUT2D eigenvalue weighted by molar-refractivity contribution is 5.95. The molecule has 0 fully saturated rings. The number of ketones is 1. The summed E-state index contributed by atoms with van der Waals surface area (Å²) in [6.07, 6.45) is 1.50. The summed E-state index contributed by atoms with van der Waals surface area (Å²) in [6, 6.07) is 14.7. The second-order valence-corrected chi connectivity index (χ2v) is 6.87. The Morgan fingerprint density at radius 3 is 2.45 bits per heavy atom. The van der Waals surface area contributed by atoms with Gasteiger partial charge in [0.1, 0.15) is 5.82 Å². The van der Waals surface area contributed by atoms with Crippen molar-refractivity contribution in [3.8, 4) is 11.3 Å². The quantitative estimate of drug-likeness (QED) is 0.579. The van der Waals surface area contributed by atoms with Gasteiger partial charge in [0.05, 0.1) is 5.69 Å². The normalized spacial score (nSPS) is 10.6. The van der Waals surface area contributed by atoms with Gasteiger partial charge < -0.3 is 10.2 Å².